The SMILES string of the molecule is Cc1ccc(NC(=O)NC=Cc2ccco2)c(C)c1. The van der Waals surface area contributed by atoms with Gasteiger partial charge >= 0.3 is 6.03 Å². The number of nitrogens with one attached hydrogen (secondary N) is 2. The van der Waals surface area contributed by atoms with E-state index in [2.05, 4.69) is 10.6 Å². The summed E-state index contributed by atoms with van der Waals surface area (Å²) in [6.45, 7) is 3.98. The molecule has 0 saturated carbocycles. The summed E-state index contributed by atoms with van der Waals surface area (Å²) in [5.74, 6) is 0.687. The van der Waals surface area contributed by atoms with Crippen molar-refractivity contribution in [1.82, 2.24) is 5.32 Å². The van der Waals surface area contributed by atoms with Crippen LogP contribution in [-0.2, 0) is 0 Å². The summed E-state index contributed by atoms with van der Waals surface area (Å²) in [6.07, 6.45) is 4.80. The number of benzene rings is 1. The number of hydrogen-bond donors (Lipinski definition) is 2. The van der Waals surface area contributed by atoms with E-state index >= 15 is 0 Å². The fourth-order valence-electron chi connectivity index (χ4n) is 1.70. The molecule has 2 aromatic rings. The maximum Gasteiger partial charge on any atom is 0.323 e. The van der Waals surface area contributed by atoms with Gasteiger partial charge in [-0.1, -0.05) is 17.7 Å². The first-order valence-corrected chi connectivity index (χ1v) is 6.00. The van der Waals surface area contributed by atoms with Crippen molar-refractivity contribution in [2.24, 2.45) is 0 Å². The van der Waals surface area contributed by atoms with Gasteiger partial charge in [-0.2, -0.15) is 0 Å². The van der Waals surface area contributed by atoms with Crippen molar-refractivity contribution in [3.63, 3.8) is 0 Å². The molecule has 0 bridgehead atoms. The fourth-order valence-corrected chi connectivity index (χ4v) is 1.70. The van der Waals surface area contributed by atoms with Gasteiger partial charge in [-0.3, -0.25) is 0 Å². The van der Waals surface area contributed by atoms with Gasteiger partial charge in [0.25, 0.3) is 0 Å². The van der Waals surface area contributed by atoms with E-state index in [-0.39, 0.29) is 6.03 Å². The molecule has 0 fully saturated rings. The summed E-state index contributed by atoms with van der Waals surface area (Å²) < 4.78 is 5.11. The van der Waals surface area contributed by atoms with Crippen LogP contribution in [0.2, 0.25) is 0 Å². The Kier molecular flexibility index (Phi) is 4.03. The average molecular weight is 256 g/mol. The fraction of sp³-hybridized carbons (Fsp3) is 0.133. The topological polar surface area (TPSA) is 54.3 Å². The van der Waals surface area contributed by atoms with E-state index in [1.807, 2.05) is 32.0 Å². The van der Waals surface area contributed by atoms with E-state index in [4.69, 9.17) is 4.42 Å². The van der Waals surface area contributed by atoms with Crippen molar-refractivity contribution in [2.75, 3.05) is 5.32 Å². The quantitative estimate of drug-likeness (QED) is 0.880. The first kappa shape index (κ1) is 13.0. The van der Waals surface area contributed by atoms with Gasteiger partial charge in [0.2, 0.25) is 0 Å². The first-order valence-electron chi connectivity index (χ1n) is 6.00. The Morgan fingerprint density at radius 2 is 2.11 bits per heavy atom. The molecule has 4 heteroatoms. The summed E-state index contributed by atoms with van der Waals surface area (Å²) in [5.41, 5.74) is 3.00. The Morgan fingerprint density at radius 1 is 1.26 bits per heavy atom. The lowest BCUT2D eigenvalue weighted by Gasteiger charge is -2.08. The normalized spacial score (nSPS) is 10.6. The number of carbonyl (C=O) groups is 1. The number of rotatable bonds is 3. The number of amides is 2. The molecule has 98 valence electrons. The Labute approximate surface area is 112 Å². The van der Waals surface area contributed by atoms with Gasteiger partial charge in [-0.05, 0) is 43.7 Å². The molecule has 4 nitrogen and oxygen atoms in total. The molecule has 2 amide bonds. The Bertz CT molecular complexity index is 586. The maximum absolute atomic E-state index is 11.7. The van der Waals surface area contributed by atoms with Gasteiger partial charge < -0.3 is 15.1 Å². The molecule has 0 aliphatic carbocycles. The van der Waals surface area contributed by atoms with Crippen LogP contribution in [0.3, 0.4) is 0 Å². The molecule has 1 heterocycles. The summed E-state index contributed by atoms with van der Waals surface area (Å²) in [5, 5.41) is 5.41. The monoisotopic (exact) mass is 256 g/mol. The zero-order valence-electron chi connectivity index (χ0n) is 10.9. The standard InChI is InChI=1S/C15H16N2O2/c1-11-5-6-14(12(2)10-11)17-15(18)16-8-7-13-4-3-9-19-13/h3-10H,1-2H3,(H2,16,17,18). The van der Waals surface area contributed by atoms with Crippen LogP contribution >= 0.6 is 0 Å². The molecule has 2 rings (SSSR count). The average Bonchev–Trinajstić information content (AvgIpc) is 2.86. The van der Waals surface area contributed by atoms with Crippen LogP contribution in [0.15, 0.2) is 47.2 Å². The van der Waals surface area contributed by atoms with Gasteiger partial charge in [0.15, 0.2) is 0 Å². The van der Waals surface area contributed by atoms with Crippen LogP contribution < -0.4 is 10.6 Å². The van der Waals surface area contributed by atoms with Crippen LogP contribution in [-0.4, -0.2) is 6.03 Å². The van der Waals surface area contributed by atoms with Gasteiger partial charge in [-0.15, -0.1) is 0 Å². The second kappa shape index (κ2) is 5.91. The maximum atomic E-state index is 11.7. The van der Waals surface area contributed by atoms with Gasteiger partial charge in [0, 0.05) is 11.9 Å². The third-order valence-electron chi connectivity index (χ3n) is 2.64. The summed E-state index contributed by atoms with van der Waals surface area (Å²) in [7, 11) is 0. The van der Waals surface area contributed by atoms with E-state index in [0.29, 0.717) is 5.76 Å². The molecular formula is C15H16N2O2. The highest BCUT2D eigenvalue weighted by molar-refractivity contribution is 5.91. The second-order valence-corrected chi connectivity index (χ2v) is 4.27. The molecule has 0 radical (unpaired) electrons. The second-order valence-electron chi connectivity index (χ2n) is 4.27. The summed E-state index contributed by atoms with van der Waals surface area (Å²) in [6, 6.07) is 9.18. The number of hydrogen-bond acceptors (Lipinski definition) is 2. The minimum atomic E-state index is -0.283. The van der Waals surface area contributed by atoms with Crippen molar-refractivity contribution in [2.45, 2.75) is 13.8 Å². The van der Waals surface area contributed by atoms with Crippen LogP contribution in [0, 0.1) is 13.8 Å². The van der Waals surface area contributed by atoms with Gasteiger partial charge in [-0.25, -0.2) is 4.79 Å². The van der Waals surface area contributed by atoms with E-state index in [1.54, 1.807) is 24.5 Å². The van der Waals surface area contributed by atoms with E-state index in [9.17, 15) is 4.79 Å². The predicted octanol–water partition coefficient (Wildman–Crippen LogP) is 3.69. The molecule has 1 aromatic carbocycles. The molecule has 0 saturated heterocycles. The van der Waals surface area contributed by atoms with Gasteiger partial charge in [0.05, 0.1) is 6.26 Å². The highest BCUT2D eigenvalue weighted by Crippen LogP contribution is 2.15. The van der Waals surface area contributed by atoms with E-state index in [0.717, 1.165) is 11.3 Å². The Morgan fingerprint density at radius 3 is 2.79 bits per heavy atom. The number of aryl methyl sites for hydroxylation is 2. The largest absolute Gasteiger partial charge is 0.465 e. The molecule has 1 aromatic heterocycles. The van der Waals surface area contributed by atoms with Gasteiger partial charge in [0.1, 0.15) is 5.76 Å². The Hall–Kier alpha value is -2.49. The molecular weight excluding hydrogens is 240 g/mol. The summed E-state index contributed by atoms with van der Waals surface area (Å²) >= 11 is 0. The van der Waals surface area contributed by atoms with Crippen LogP contribution in [0.25, 0.3) is 6.08 Å². The lowest BCUT2D eigenvalue weighted by atomic mass is 10.1. The van der Waals surface area contributed by atoms with Crippen molar-refractivity contribution in [1.29, 1.82) is 0 Å². The minimum Gasteiger partial charge on any atom is -0.465 e. The predicted molar refractivity (Wildman–Crippen MR) is 75.8 cm³/mol. The highest BCUT2D eigenvalue weighted by atomic mass is 16.3. The van der Waals surface area contributed by atoms with Crippen LogP contribution in [0.1, 0.15) is 16.9 Å². The van der Waals surface area contributed by atoms with Crippen molar-refractivity contribution in [3.8, 4) is 0 Å². The summed E-state index contributed by atoms with van der Waals surface area (Å²) in [4.78, 5) is 11.7. The number of furan rings is 1. The molecule has 0 spiro atoms. The van der Waals surface area contributed by atoms with Crippen molar-refractivity contribution < 1.29 is 9.21 Å². The first-order chi connectivity index (χ1) is 9.15. The van der Waals surface area contributed by atoms with Crippen molar-refractivity contribution in [3.05, 3.63) is 59.7 Å². The third kappa shape index (κ3) is 3.74. The van der Waals surface area contributed by atoms with Crippen LogP contribution in [0.4, 0.5) is 10.5 Å². The molecule has 0 aliphatic heterocycles. The molecule has 19 heavy (non-hydrogen) atoms. The zero-order valence-corrected chi connectivity index (χ0v) is 10.9. The third-order valence-corrected chi connectivity index (χ3v) is 2.64. The van der Waals surface area contributed by atoms with E-state index in [1.165, 1.54) is 11.8 Å². The van der Waals surface area contributed by atoms with Crippen LogP contribution in [0.5, 0.6) is 0 Å². The number of carbonyl (C=O) groups excluding carboxylic acids is 1. The number of anilines is 1. The molecule has 0 unspecified atom stereocenters. The zero-order chi connectivity index (χ0) is 13.7. The lowest BCUT2D eigenvalue weighted by Crippen LogP contribution is -2.24. The molecule has 0 aliphatic rings. The smallest absolute Gasteiger partial charge is 0.323 e. The van der Waals surface area contributed by atoms with Crippen molar-refractivity contribution >= 4 is 17.8 Å². The van der Waals surface area contributed by atoms with E-state index < -0.39 is 0 Å². The highest BCUT2D eigenvalue weighted by Gasteiger charge is 2.02. The minimum absolute atomic E-state index is 0.283. The molecule has 2 N–H and O–H groups in total. The number of urea groups is 1. The Balaban J connectivity index is 1.91. The lowest BCUT2D eigenvalue weighted by molar-refractivity contribution is 0.255. The molecule has 0 atom stereocenters.